The molecule has 2 rings (SSSR count). The summed E-state index contributed by atoms with van der Waals surface area (Å²) in [5, 5.41) is 2.74. The molecule has 0 radical (unpaired) electrons. The third-order valence-corrected chi connectivity index (χ3v) is 2.99. The van der Waals surface area contributed by atoms with E-state index in [1.807, 2.05) is 0 Å². The van der Waals surface area contributed by atoms with Gasteiger partial charge in [-0.15, -0.1) is 0 Å². The Morgan fingerprint density at radius 2 is 1.91 bits per heavy atom. The van der Waals surface area contributed by atoms with Crippen LogP contribution in [-0.2, 0) is 17.8 Å². The molecule has 0 aliphatic heterocycles. The second kappa shape index (κ2) is 7.71. The standard InChI is InChI=1S/C16H16F3NO3/c17-16(18,19)11-23-14-5-3-12(4-6-14)10-20-15(21)8-7-13-2-1-9-22-13/h1-6,9H,7-8,10-11H2,(H,20,21). The van der Waals surface area contributed by atoms with Crippen molar-refractivity contribution in [2.75, 3.05) is 6.61 Å². The Balaban J connectivity index is 1.72. The minimum absolute atomic E-state index is 0.126. The van der Waals surface area contributed by atoms with Crippen LogP contribution in [0.4, 0.5) is 13.2 Å². The lowest BCUT2D eigenvalue weighted by Crippen LogP contribution is -2.23. The van der Waals surface area contributed by atoms with Gasteiger partial charge in [-0.3, -0.25) is 4.79 Å². The monoisotopic (exact) mass is 327 g/mol. The average Bonchev–Trinajstić information content (AvgIpc) is 3.02. The summed E-state index contributed by atoms with van der Waals surface area (Å²) in [5.41, 5.74) is 0.774. The first kappa shape index (κ1) is 16.9. The van der Waals surface area contributed by atoms with E-state index in [2.05, 4.69) is 10.1 Å². The van der Waals surface area contributed by atoms with E-state index >= 15 is 0 Å². The van der Waals surface area contributed by atoms with E-state index in [1.54, 1.807) is 30.5 Å². The van der Waals surface area contributed by atoms with Gasteiger partial charge in [0.1, 0.15) is 11.5 Å². The lowest BCUT2D eigenvalue weighted by molar-refractivity contribution is -0.153. The summed E-state index contributed by atoms with van der Waals surface area (Å²) in [6.07, 6.45) is -1.99. The van der Waals surface area contributed by atoms with Crippen LogP contribution in [0.15, 0.2) is 47.1 Å². The highest BCUT2D eigenvalue weighted by atomic mass is 19.4. The van der Waals surface area contributed by atoms with Gasteiger partial charge in [-0.1, -0.05) is 12.1 Å². The van der Waals surface area contributed by atoms with Crippen LogP contribution in [0.5, 0.6) is 5.75 Å². The van der Waals surface area contributed by atoms with Gasteiger partial charge in [0, 0.05) is 19.4 Å². The van der Waals surface area contributed by atoms with E-state index in [1.165, 1.54) is 12.1 Å². The molecule has 1 aromatic carbocycles. The predicted molar refractivity (Wildman–Crippen MR) is 76.9 cm³/mol. The number of rotatable bonds is 7. The second-order valence-corrected chi connectivity index (χ2v) is 4.90. The van der Waals surface area contributed by atoms with Crippen molar-refractivity contribution in [2.45, 2.75) is 25.6 Å². The van der Waals surface area contributed by atoms with Crippen molar-refractivity contribution in [2.24, 2.45) is 0 Å². The van der Waals surface area contributed by atoms with Crippen molar-refractivity contribution in [1.82, 2.24) is 5.32 Å². The molecular formula is C16H16F3NO3. The first-order valence-electron chi connectivity index (χ1n) is 7.00. The maximum atomic E-state index is 12.0. The lowest BCUT2D eigenvalue weighted by Gasteiger charge is -2.10. The number of carbonyl (C=O) groups excluding carboxylic acids is 1. The summed E-state index contributed by atoms with van der Waals surface area (Å²) in [7, 11) is 0. The van der Waals surface area contributed by atoms with Crippen LogP contribution < -0.4 is 10.1 Å². The summed E-state index contributed by atoms with van der Waals surface area (Å²) in [6.45, 7) is -1.02. The fourth-order valence-corrected chi connectivity index (χ4v) is 1.85. The van der Waals surface area contributed by atoms with Crippen molar-refractivity contribution < 1.29 is 27.1 Å². The number of nitrogens with one attached hydrogen (secondary N) is 1. The van der Waals surface area contributed by atoms with Crippen LogP contribution in [-0.4, -0.2) is 18.7 Å². The predicted octanol–water partition coefficient (Wildman–Crippen LogP) is 3.47. The van der Waals surface area contributed by atoms with Crippen molar-refractivity contribution in [3.63, 3.8) is 0 Å². The van der Waals surface area contributed by atoms with Gasteiger partial charge >= 0.3 is 6.18 Å². The molecule has 124 valence electrons. The number of benzene rings is 1. The van der Waals surface area contributed by atoms with Crippen molar-refractivity contribution in [1.29, 1.82) is 0 Å². The fraction of sp³-hybridized carbons (Fsp3) is 0.312. The van der Waals surface area contributed by atoms with Crippen molar-refractivity contribution >= 4 is 5.91 Å². The largest absolute Gasteiger partial charge is 0.484 e. The van der Waals surface area contributed by atoms with Crippen LogP contribution in [0.1, 0.15) is 17.7 Å². The summed E-state index contributed by atoms with van der Waals surface area (Å²) in [6, 6.07) is 9.66. The molecule has 0 bridgehead atoms. The highest BCUT2D eigenvalue weighted by Gasteiger charge is 2.28. The number of ether oxygens (including phenoxy) is 1. The zero-order chi connectivity index (χ0) is 16.7. The summed E-state index contributed by atoms with van der Waals surface area (Å²) >= 11 is 0. The normalized spacial score (nSPS) is 11.3. The molecule has 2 aromatic rings. The van der Waals surface area contributed by atoms with Gasteiger partial charge in [0.15, 0.2) is 6.61 Å². The van der Waals surface area contributed by atoms with Gasteiger partial charge < -0.3 is 14.5 Å². The highest BCUT2D eigenvalue weighted by Crippen LogP contribution is 2.18. The number of aryl methyl sites for hydroxylation is 1. The molecule has 0 atom stereocenters. The Morgan fingerprint density at radius 1 is 1.17 bits per heavy atom. The van der Waals surface area contributed by atoms with Gasteiger partial charge in [0.25, 0.3) is 0 Å². The highest BCUT2D eigenvalue weighted by molar-refractivity contribution is 5.76. The van der Waals surface area contributed by atoms with E-state index < -0.39 is 12.8 Å². The van der Waals surface area contributed by atoms with E-state index in [0.29, 0.717) is 19.4 Å². The molecule has 0 unspecified atom stereocenters. The van der Waals surface area contributed by atoms with Crippen molar-refractivity contribution in [3.05, 3.63) is 54.0 Å². The first-order valence-corrected chi connectivity index (χ1v) is 7.00. The smallest absolute Gasteiger partial charge is 0.422 e. The molecule has 0 aliphatic carbocycles. The molecule has 1 heterocycles. The molecule has 0 aliphatic rings. The molecule has 0 spiro atoms. The van der Waals surface area contributed by atoms with Gasteiger partial charge in [-0.25, -0.2) is 0 Å². The van der Waals surface area contributed by atoms with Gasteiger partial charge in [0.05, 0.1) is 6.26 Å². The van der Waals surface area contributed by atoms with Gasteiger partial charge in [-0.2, -0.15) is 13.2 Å². The summed E-state index contributed by atoms with van der Waals surface area (Å²) in [5.74, 6) is 0.750. The number of carbonyl (C=O) groups is 1. The molecular weight excluding hydrogens is 311 g/mol. The van der Waals surface area contributed by atoms with E-state index in [-0.39, 0.29) is 11.7 Å². The number of hydrogen-bond acceptors (Lipinski definition) is 3. The zero-order valence-corrected chi connectivity index (χ0v) is 12.2. The summed E-state index contributed by atoms with van der Waals surface area (Å²) in [4.78, 5) is 11.7. The average molecular weight is 327 g/mol. The van der Waals surface area contributed by atoms with E-state index in [9.17, 15) is 18.0 Å². The molecule has 1 aromatic heterocycles. The second-order valence-electron chi connectivity index (χ2n) is 4.90. The molecule has 7 heteroatoms. The van der Waals surface area contributed by atoms with Crippen molar-refractivity contribution in [3.8, 4) is 5.75 Å². The van der Waals surface area contributed by atoms with Gasteiger partial charge in [-0.05, 0) is 29.8 Å². The molecule has 0 fully saturated rings. The minimum atomic E-state index is -4.36. The Bertz CT molecular complexity index is 607. The fourth-order valence-electron chi connectivity index (χ4n) is 1.85. The molecule has 1 N–H and O–H groups in total. The third-order valence-electron chi connectivity index (χ3n) is 2.99. The number of halogens is 3. The Morgan fingerprint density at radius 3 is 2.52 bits per heavy atom. The number of amides is 1. The summed E-state index contributed by atoms with van der Waals surface area (Å²) < 4.78 is 45.8. The Kier molecular flexibility index (Phi) is 5.67. The number of hydrogen-bond donors (Lipinski definition) is 1. The topological polar surface area (TPSA) is 51.5 Å². The quantitative estimate of drug-likeness (QED) is 0.847. The molecule has 0 saturated heterocycles. The lowest BCUT2D eigenvalue weighted by atomic mass is 10.2. The molecule has 0 saturated carbocycles. The molecule has 4 nitrogen and oxygen atoms in total. The molecule has 1 amide bonds. The minimum Gasteiger partial charge on any atom is -0.484 e. The first-order chi connectivity index (χ1) is 10.9. The van der Waals surface area contributed by atoms with Crippen LogP contribution in [0.3, 0.4) is 0 Å². The van der Waals surface area contributed by atoms with Crippen LogP contribution >= 0.6 is 0 Å². The Labute approximate surface area is 131 Å². The molecule has 23 heavy (non-hydrogen) atoms. The Hall–Kier alpha value is -2.44. The van der Waals surface area contributed by atoms with Crippen LogP contribution in [0, 0.1) is 0 Å². The van der Waals surface area contributed by atoms with Gasteiger partial charge in [0.2, 0.25) is 5.91 Å². The third kappa shape index (κ3) is 6.46. The van der Waals surface area contributed by atoms with Crippen LogP contribution in [0.2, 0.25) is 0 Å². The van der Waals surface area contributed by atoms with E-state index in [4.69, 9.17) is 4.42 Å². The van der Waals surface area contributed by atoms with E-state index in [0.717, 1.165) is 11.3 Å². The maximum Gasteiger partial charge on any atom is 0.422 e. The van der Waals surface area contributed by atoms with Crippen LogP contribution in [0.25, 0.3) is 0 Å². The zero-order valence-electron chi connectivity index (χ0n) is 12.2. The maximum absolute atomic E-state index is 12.0. The number of furan rings is 1. The number of alkyl halides is 3. The SMILES string of the molecule is O=C(CCc1ccco1)NCc1ccc(OCC(F)(F)F)cc1.